The summed E-state index contributed by atoms with van der Waals surface area (Å²) in [6.45, 7) is 4.74. The van der Waals surface area contributed by atoms with Crippen molar-refractivity contribution in [2.24, 2.45) is 0 Å². The molecule has 1 heterocycles. The summed E-state index contributed by atoms with van der Waals surface area (Å²) in [5.41, 5.74) is 0. The molecule has 0 aliphatic heterocycles. The zero-order valence-electron chi connectivity index (χ0n) is 9.19. The van der Waals surface area contributed by atoms with Crippen molar-refractivity contribution in [3.63, 3.8) is 0 Å². The molecule has 0 bridgehead atoms. The maximum atomic E-state index is 11.1. The predicted octanol–water partition coefficient (Wildman–Crippen LogP) is 1.24. The molecular formula is C9H15N3O2S. The number of aryl methyl sites for hydroxylation is 1. The highest BCUT2D eigenvalue weighted by atomic mass is 32.1. The fourth-order valence-corrected chi connectivity index (χ4v) is 1.70. The SMILES string of the molecule is CCOC(=O)CCN(C)c1nnc(C)s1. The largest absolute Gasteiger partial charge is 0.466 e. The Bertz CT molecular complexity index is 327. The molecule has 5 nitrogen and oxygen atoms in total. The van der Waals surface area contributed by atoms with Gasteiger partial charge in [0.1, 0.15) is 5.01 Å². The van der Waals surface area contributed by atoms with Crippen LogP contribution in [0.1, 0.15) is 18.4 Å². The predicted molar refractivity (Wildman–Crippen MR) is 59.2 cm³/mol. The van der Waals surface area contributed by atoms with Gasteiger partial charge in [-0.25, -0.2) is 0 Å². The first-order chi connectivity index (χ1) is 7.13. The molecule has 0 amide bonds. The molecule has 6 heteroatoms. The standard InChI is InChI=1S/C9H15N3O2S/c1-4-14-8(13)5-6-12(3)9-11-10-7(2)15-9/h4-6H2,1-3H3. The number of carbonyl (C=O) groups excluding carboxylic acids is 1. The average Bonchev–Trinajstić information content (AvgIpc) is 2.62. The maximum absolute atomic E-state index is 11.1. The number of hydrogen-bond acceptors (Lipinski definition) is 6. The number of nitrogens with zero attached hydrogens (tertiary/aromatic N) is 3. The molecule has 0 spiro atoms. The van der Waals surface area contributed by atoms with Crippen molar-refractivity contribution in [3.05, 3.63) is 5.01 Å². The Morgan fingerprint density at radius 1 is 1.53 bits per heavy atom. The summed E-state index contributed by atoms with van der Waals surface area (Å²) in [6, 6.07) is 0. The number of rotatable bonds is 5. The van der Waals surface area contributed by atoms with E-state index in [-0.39, 0.29) is 5.97 Å². The second-order valence-corrected chi connectivity index (χ2v) is 4.24. The molecule has 1 aromatic rings. The van der Waals surface area contributed by atoms with Crippen LogP contribution in [0.2, 0.25) is 0 Å². The zero-order chi connectivity index (χ0) is 11.3. The molecule has 0 radical (unpaired) electrons. The number of carbonyl (C=O) groups is 1. The summed E-state index contributed by atoms with van der Waals surface area (Å²) in [6.07, 6.45) is 0.378. The molecule has 0 saturated carbocycles. The highest BCUT2D eigenvalue weighted by Crippen LogP contribution is 2.17. The van der Waals surface area contributed by atoms with Crippen molar-refractivity contribution in [2.75, 3.05) is 25.1 Å². The molecule has 0 atom stereocenters. The van der Waals surface area contributed by atoms with Crippen molar-refractivity contribution in [3.8, 4) is 0 Å². The molecule has 0 saturated heterocycles. The van der Waals surface area contributed by atoms with Gasteiger partial charge < -0.3 is 9.64 Å². The van der Waals surface area contributed by atoms with Crippen LogP contribution in [0.5, 0.6) is 0 Å². The van der Waals surface area contributed by atoms with Crippen molar-refractivity contribution >= 4 is 22.4 Å². The second kappa shape index (κ2) is 5.65. The highest BCUT2D eigenvalue weighted by Gasteiger charge is 2.09. The Morgan fingerprint density at radius 2 is 2.27 bits per heavy atom. The first kappa shape index (κ1) is 11.9. The van der Waals surface area contributed by atoms with E-state index in [1.807, 2.05) is 18.9 Å². The van der Waals surface area contributed by atoms with E-state index in [4.69, 9.17) is 4.74 Å². The van der Waals surface area contributed by atoms with Crippen molar-refractivity contribution in [1.82, 2.24) is 10.2 Å². The molecule has 0 aliphatic carbocycles. The summed E-state index contributed by atoms with van der Waals surface area (Å²) < 4.78 is 4.84. The van der Waals surface area contributed by atoms with Gasteiger partial charge >= 0.3 is 5.97 Å². The van der Waals surface area contributed by atoms with E-state index in [0.717, 1.165) is 10.1 Å². The summed E-state index contributed by atoms with van der Waals surface area (Å²) in [4.78, 5) is 13.0. The number of esters is 1. The molecular weight excluding hydrogens is 214 g/mol. The zero-order valence-corrected chi connectivity index (χ0v) is 10.0. The van der Waals surface area contributed by atoms with Crippen molar-refractivity contribution < 1.29 is 9.53 Å². The topological polar surface area (TPSA) is 55.3 Å². The summed E-state index contributed by atoms with van der Waals surface area (Å²) in [7, 11) is 1.89. The fraction of sp³-hybridized carbons (Fsp3) is 0.667. The van der Waals surface area contributed by atoms with Crippen LogP contribution in [0.25, 0.3) is 0 Å². The van der Waals surface area contributed by atoms with Gasteiger partial charge in [0.25, 0.3) is 0 Å². The van der Waals surface area contributed by atoms with Crippen molar-refractivity contribution in [2.45, 2.75) is 20.3 Å². The lowest BCUT2D eigenvalue weighted by Gasteiger charge is -2.13. The lowest BCUT2D eigenvalue weighted by atomic mass is 10.4. The van der Waals surface area contributed by atoms with Gasteiger partial charge in [-0.1, -0.05) is 11.3 Å². The van der Waals surface area contributed by atoms with Gasteiger partial charge in [0.05, 0.1) is 13.0 Å². The van der Waals surface area contributed by atoms with E-state index in [0.29, 0.717) is 19.6 Å². The molecule has 0 N–H and O–H groups in total. The molecule has 84 valence electrons. The van der Waals surface area contributed by atoms with Crippen LogP contribution >= 0.6 is 11.3 Å². The maximum Gasteiger partial charge on any atom is 0.307 e. The van der Waals surface area contributed by atoms with Crippen LogP contribution in [0, 0.1) is 6.92 Å². The monoisotopic (exact) mass is 229 g/mol. The molecule has 0 unspecified atom stereocenters. The van der Waals surface area contributed by atoms with Gasteiger partial charge in [-0.15, -0.1) is 10.2 Å². The van der Waals surface area contributed by atoms with E-state index < -0.39 is 0 Å². The number of aromatic nitrogens is 2. The Labute approximate surface area is 93.1 Å². The number of hydrogen-bond donors (Lipinski definition) is 0. The summed E-state index contributed by atoms with van der Waals surface area (Å²) >= 11 is 1.51. The lowest BCUT2D eigenvalue weighted by Crippen LogP contribution is -2.21. The molecule has 1 rings (SSSR count). The van der Waals surface area contributed by atoms with Crippen LogP contribution < -0.4 is 4.90 Å². The van der Waals surface area contributed by atoms with Gasteiger partial charge in [-0.05, 0) is 13.8 Å². The second-order valence-electron chi connectivity index (χ2n) is 3.08. The minimum atomic E-state index is -0.175. The van der Waals surface area contributed by atoms with Crippen LogP contribution in [-0.2, 0) is 9.53 Å². The van der Waals surface area contributed by atoms with Gasteiger partial charge in [0.15, 0.2) is 0 Å². The smallest absolute Gasteiger partial charge is 0.307 e. The van der Waals surface area contributed by atoms with Crippen LogP contribution in [0.15, 0.2) is 0 Å². The number of ether oxygens (including phenoxy) is 1. The van der Waals surface area contributed by atoms with Crippen LogP contribution in [0.4, 0.5) is 5.13 Å². The Balaban J connectivity index is 2.36. The number of anilines is 1. The molecule has 0 aromatic carbocycles. The quantitative estimate of drug-likeness (QED) is 0.711. The fourth-order valence-electron chi connectivity index (χ4n) is 1.03. The van der Waals surface area contributed by atoms with E-state index in [9.17, 15) is 4.79 Å². The third kappa shape index (κ3) is 3.83. The third-order valence-electron chi connectivity index (χ3n) is 1.80. The molecule has 0 fully saturated rings. The minimum absolute atomic E-state index is 0.175. The molecule has 0 aliphatic rings. The summed E-state index contributed by atoms with van der Waals surface area (Å²) in [5, 5.41) is 9.65. The Kier molecular flexibility index (Phi) is 4.48. The third-order valence-corrected chi connectivity index (χ3v) is 2.75. The Hall–Kier alpha value is -1.17. The van der Waals surface area contributed by atoms with E-state index >= 15 is 0 Å². The first-order valence-electron chi connectivity index (χ1n) is 4.80. The van der Waals surface area contributed by atoms with Crippen LogP contribution in [0.3, 0.4) is 0 Å². The molecule has 15 heavy (non-hydrogen) atoms. The van der Waals surface area contributed by atoms with Gasteiger partial charge in [-0.3, -0.25) is 4.79 Å². The lowest BCUT2D eigenvalue weighted by molar-refractivity contribution is -0.142. The minimum Gasteiger partial charge on any atom is -0.466 e. The molecule has 1 aromatic heterocycles. The normalized spacial score (nSPS) is 10.1. The highest BCUT2D eigenvalue weighted by molar-refractivity contribution is 7.15. The van der Waals surface area contributed by atoms with Crippen molar-refractivity contribution in [1.29, 1.82) is 0 Å². The van der Waals surface area contributed by atoms with E-state index in [2.05, 4.69) is 10.2 Å². The van der Waals surface area contributed by atoms with Gasteiger partial charge in [0, 0.05) is 13.6 Å². The van der Waals surface area contributed by atoms with Gasteiger partial charge in [-0.2, -0.15) is 0 Å². The summed E-state index contributed by atoms with van der Waals surface area (Å²) in [5.74, 6) is -0.175. The van der Waals surface area contributed by atoms with Gasteiger partial charge in [0.2, 0.25) is 5.13 Å². The average molecular weight is 229 g/mol. The van der Waals surface area contributed by atoms with E-state index in [1.54, 1.807) is 6.92 Å². The Morgan fingerprint density at radius 3 is 2.80 bits per heavy atom. The first-order valence-corrected chi connectivity index (χ1v) is 5.62. The van der Waals surface area contributed by atoms with E-state index in [1.165, 1.54) is 11.3 Å². The van der Waals surface area contributed by atoms with Crippen LogP contribution in [-0.4, -0.2) is 36.4 Å².